The number of hydrogen-bond acceptors (Lipinski definition) is 5. The van der Waals surface area contributed by atoms with E-state index in [-0.39, 0.29) is 24.3 Å². The maximum absolute atomic E-state index is 12.5. The number of ether oxygens (including phenoxy) is 1. The fraction of sp³-hybridized carbons (Fsp3) is 0.667. The second-order valence-electron chi connectivity index (χ2n) is 6.70. The van der Waals surface area contributed by atoms with Crippen LogP contribution >= 0.6 is 11.3 Å². The third-order valence-electron chi connectivity index (χ3n) is 3.06. The molecule has 1 rings (SSSR count). The number of carboxylic acids is 1. The molecule has 22 heavy (non-hydrogen) atoms. The van der Waals surface area contributed by atoms with Crippen molar-refractivity contribution in [2.45, 2.75) is 52.0 Å². The quantitative estimate of drug-likeness (QED) is 0.837. The van der Waals surface area contributed by atoms with Crippen molar-refractivity contribution >= 4 is 23.2 Å². The zero-order valence-corrected chi connectivity index (χ0v) is 14.8. The van der Waals surface area contributed by atoms with E-state index in [1.807, 2.05) is 20.8 Å². The van der Waals surface area contributed by atoms with E-state index in [1.165, 1.54) is 18.4 Å². The fourth-order valence-electron chi connectivity index (χ4n) is 2.04. The Hall–Kier alpha value is -1.47. The van der Waals surface area contributed by atoms with Crippen molar-refractivity contribution in [2.24, 2.45) is 0 Å². The largest absolute Gasteiger partial charge is 0.481 e. The number of amides is 1. The van der Waals surface area contributed by atoms with Crippen molar-refractivity contribution in [3.63, 3.8) is 0 Å². The van der Waals surface area contributed by atoms with Gasteiger partial charge in [0.25, 0.3) is 5.91 Å². The minimum Gasteiger partial charge on any atom is -0.481 e. The molecule has 0 aliphatic rings. The van der Waals surface area contributed by atoms with Gasteiger partial charge in [-0.05, 0) is 13.8 Å². The molecule has 0 saturated carbocycles. The van der Waals surface area contributed by atoms with Crippen molar-refractivity contribution in [3.8, 4) is 0 Å². The average Bonchev–Trinajstić information content (AvgIpc) is 2.69. The molecule has 1 amide bonds. The van der Waals surface area contributed by atoms with Crippen LogP contribution < -0.4 is 5.32 Å². The molecule has 6 nitrogen and oxygen atoms in total. The molecule has 1 heterocycles. The Kier molecular flexibility index (Phi) is 5.70. The summed E-state index contributed by atoms with van der Waals surface area (Å²) in [6.07, 6.45) is -0.212. The Labute approximate surface area is 134 Å². The van der Waals surface area contributed by atoms with E-state index in [1.54, 1.807) is 13.8 Å². The predicted molar refractivity (Wildman–Crippen MR) is 85.6 cm³/mol. The van der Waals surface area contributed by atoms with Gasteiger partial charge in [0.1, 0.15) is 4.88 Å². The van der Waals surface area contributed by atoms with Gasteiger partial charge in [-0.3, -0.25) is 9.59 Å². The minimum atomic E-state index is -0.990. The summed E-state index contributed by atoms with van der Waals surface area (Å²) in [6.45, 7) is 9.66. The first-order valence-corrected chi connectivity index (χ1v) is 7.81. The summed E-state index contributed by atoms with van der Waals surface area (Å²) >= 11 is 1.34. The SMILES string of the molecule is COCC(C)(CC(=O)O)NC(=O)c1sc(C(C)(C)C)nc1C. The van der Waals surface area contributed by atoms with Crippen LogP contribution in [-0.2, 0) is 14.9 Å². The standard InChI is InChI=1S/C15H24N2O4S/c1-9-11(22-13(16-9)14(2,3)4)12(20)17-15(5,8-21-6)7-10(18)19/h7-8H2,1-6H3,(H,17,20)(H,18,19). The first-order chi connectivity index (χ1) is 9.98. The zero-order valence-electron chi connectivity index (χ0n) is 13.9. The third kappa shape index (κ3) is 4.78. The van der Waals surface area contributed by atoms with Crippen molar-refractivity contribution < 1.29 is 19.4 Å². The zero-order chi connectivity index (χ0) is 17.1. The first-order valence-electron chi connectivity index (χ1n) is 6.99. The normalized spacial score (nSPS) is 14.5. The summed E-state index contributed by atoms with van der Waals surface area (Å²) in [5.41, 5.74) is -0.441. The Morgan fingerprint density at radius 3 is 2.32 bits per heavy atom. The molecule has 0 spiro atoms. The fourth-order valence-corrected chi connectivity index (χ4v) is 3.06. The Bertz CT molecular complexity index is 562. The highest BCUT2D eigenvalue weighted by Crippen LogP contribution is 2.29. The van der Waals surface area contributed by atoms with Gasteiger partial charge in [-0.15, -0.1) is 11.3 Å². The van der Waals surface area contributed by atoms with Crippen LogP contribution in [0.1, 0.15) is 54.5 Å². The monoisotopic (exact) mass is 328 g/mol. The van der Waals surface area contributed by atoms with Gasteiger partial charge in [-0.25, -0.2) is 4.98 Å². The lowest BCUT2D eigenvalue weighted by Crippen LogP contribution is -2.50. The van der Waals surface area contributed by atoms with E-state index in [2.05, 4.69) is 10.3 Å². The number of rotatable bonds is 6. The van der Waals surface area contributed by atoms with Crippen molar-refractivity contribution in [1.29, 1.82) is 0 Å². The molecule has 124 valence electrons. The molecule has 1 atom stereocenters. The molecule has 0 bridgehead atoms. The molecule has 1 aromatic heterocycles. The maximum atomic E-state index is 12.5. The molecular weight excluding hydrogens is 304 g/mol. The van der Waals surface area contributed by atoms with E-state index < -0.39 is 11.5 Å². The Morgan fingerprint density at radius 1 is 1.32 bits per heavy atom. The number of carboxylic acid groups (broad SMARTS) is 1. The molecule has 1 aromatic rings. The second kappa shape index (κ2) is 6.75. The van der Waals surface area contributed by atoms with Gasteiger partial charge in [0.2, 0.25) is 0 Å². The van der Waals surface area contributed by atoms with E-state index in [0.29, 0.717) is 10.6 Å². The molecule has 0 aromatic carbocycles. The maximum Gasteiger partial charge on any atom is 0.305 e. The van der Waals surface area contributed by atoms with Gasteiger partial charge >= 0.3 is 5.97 Å². The summed E-state index contributed by atoms with van der Waals surface area (Å²) in [7, 11) is 1.47. The van der Waals surface area contributed by atoms with Crippen LogP contribution in [0, 0.1) is 6.92 Å². The summed E-state index contributed by atoms with van der Waals surface area (Å²) < 4.78 is 5.04. The number of aromatic nitrogens is 1. The molecule has 1 unspecified atom stereocenters. The van der Waals surface area contributed by atoms with Crippen LogP contribution in [0.5, 0.6) is 0 Å². The van der Waals surface area contributed by atoms with E-state index in [4.69, 9.17) is 9.84 Å². The number of carbonyl (C=O) groups excluding carboxylic acids is 1. The topological polar surface area (TPSA) is 88.5 Å². The van der Waals surface area contributed by atoms with Gasteiger partial charge in [0.15, 0.2) is 0 Å². The van der Waals surface area contributed by atoms with Crippen LogP contribution in [0.4, 0.5) is 0 Å². The predicted octanol–water partition coefficient (Wildman–Crippen LogP) is 2.36. The number of aliphatic carboxylic acids is 1. The van der Waals surface area contributed by atoms with Crippen molar-refractivity contribution in [2.75, 3.05) is 13.7 Å². The van der Waals surface area contributed by atoms with E-state index in [0.717, 1.165) is 5.01 Å². The highest BCUT2D eigenvalue weighted by Gasteiger charge is 2.32. The van der Waals surface area contributed by atoms with Crippen LogP contribution in [0.25, 0.3) is 0 Å². The molecule has 7 heteroatoms. The molecular formula is C15H24N2O4S. The third-order valence-corrected chi connectivity index (χ3v) is 4.65. The van der Waals surface area contributed by atoms with E-state index >= 15 is 0 Å². The Morgan fingerprint density at radius 2 is 1.91 bits per heavy atom. The van der Waals surface area contributed by atoms with Crippen molar-refractivity contribution in [1.82, 2.24) is 10.3 Å². The van der Waals surface area contributed by atoms with Crippen LogP contribution in [0.2, 0.25) is 0 Å². The number of methoxy groups -OCH3 is 1. The smallest absolute Gasteiger partial charge is 0.305 e. The van der Waals surface area contributed by atoms with E-state index in [9.17, 15) is 9.59 Å². The highest BCUT2D eigenvalue weighted by molar-refractivity contribution is 7.14. The lowest BCUT2D eigenvalue weighted by molar-refractivity contribution is -0.139. The summed E-state index contributed by atoms with van der Waals surface area (Å²) in [5, 5.41) is 12.7. The first kappa shape index (κ1) is 18.6. The molecule has 0 saturated heterocycles. The lowest BCUT2D eigenvalue weighted by Gasteiger charge is -2.28. The number of nitrogens with one attached hydrogen (secondary N) is 1. The molecule has 0 aliphatic carbocycles. The number of aryl methyl sites for hydroxylation is 1. The lowest BCUT2D eigenvalue weighted by atomic mass is 9.98. The summed E-state index contributed by atoms with van der Waals surface area (Å²) in [6, 6.07) is 0. The summed E-state index contributed by atoms with van der Waals surface area (Å²) in [4.78, 5) is 28.4. The van der Waals surface area contributed by atoms with Crippen molar-refractivity contribution in [3.05, 3.63) is 15.6 Å². The Balaban J connectivity index is 3.00. The average molecular weight is 328 g/mol. The molecule has 0 fully saturated rings. The number of nitrogens with zero attached hydrogens (tertiary/aromatic N) is 1. The van der Waals surface area contributed by atoms with Crippen LogP contribution in [-0.4, -0.2) is 41.2 Å². The number of thiazole rings is 1. The second-order valence-corrected chi connectivity index (χ2v) is 7.70. The number of hydrogen-bond donors (Lipinski definition) is 2. The van der Waals surface area contributed by atoms with Gasteiger partial charge in [-0.1, -0.05) is 20.8 Å². The van der Waals surface area contributed by atoms with Gasteiger partial charge in [0.05, 0.1) is 29.3 Å². The van der Waals surface area contributed by atoms with Crippen LogP contribution in [0.15, 0.2) is 0 Å². The number of carbonyl (C=O) groups is 2. The van der Waals surface area contributed by atoms with Gasteiger partial charge in [-0.2, -0.15) is 0 Å². The van der Waals surface area contributed by atoms with Gasteiger partial charge < -0.3 is 15.2 Å². The molecule has 2 N–H and O–H groups in total. The summed E-state index contributed by atoms with van der Waals surface area (Å²) in [5.74, 6) is -1.30. The minimum absolute atomic E-state index is 0.120. The van der Waals surface area contributed by atoms with Crippen LogP contribution in [0.3, 0.4) is 0 Å². The molecule has 0 radical (unpaired) electrons. The highest BCUT2D eigenvalue weighted by atomic mass is 32.1. The van der Waals surface area contributed by atoms with Gasteiger partial charge in [0, 0.05) is 12.5 Å². The molecule has 0 aliphatic heterocycles.